The molecule has 1 rings (SSSR count). The van der Waals surface area contributed by atoms with Crippen LogP contribution < -0.4 is 4.74 Å². The molecular weight excluding hydrogens is 188 g/mol. The normalized spacial score (nSPS) is 12.1. The third kappa shape index (κ3) is 3.76. The van der Waals surface area contributed by atoms with Crippen LogP contribution in [0.3, 0.4) is 0 Å². The van der Waals surface area contributed by atoms with Gasteiger partial charge in [-0.3, -0.25) is 0 Å². The second-order valence-electron chi connectivity index (χ2n) is 3.19. The molecule has 0 radical (unpaired) electrons. The molecular formula is C13H18O2. The summed E-state index contributed by atoms with van der Waals surface area (Å²) in [6.07, 6.45) is 2.48. The molecule has 0 fully saturated rings. The summed E-state index contributed by atoms with van der Waals surface area (Å²) in [7, 11) is 0. The molecule has 0 bridgehead atoms. The molecule has 0 saturated carbocycles. The average Bonchev–Trinajstić information content (AvgIpc) is 2.29. The zero-order valence-electron chi connectivity index (χ0n) is 9.40. The van der Waals surface area contributed by atoms with Gasteiger partial charge in [0, 0.05) is 13.0 Å². The van der Waals surface area contributed by atoms with Crippen molar-refractivity contribution in [3.05, 3.63) is 36.4 Å². The van der Waals surface area contributed by atoms with Gasteiger partial charge >= 0.3 is 0 Å². The summed E-state index contributed by atoms with van der Waals surface area (Å²) >= 11 is 0. The Kier molecular flexibility index (Phi) is 4.91. The quantitative estimate of drug-likeness (QED) is 0.663. The van der Waals surface area contributed by atoms with E-state index in [9.17, 15) is 0 Å². The third-order valence-corrected chi connectivity index (χ3v) is 2.05. The molecule has 1 aromatic rings. The Bertz CT molecular complexity index is 307. The van der Waals surface area contributed by atoms with Crippen LogP contribution in [-0.4, -0.2) is 12.9 Å². The van der Waals surface area contributed by atoms with Gasteiger partial charge in [0.15, 0.2) is 6.29 Å². The van der Waals surface area contributed by atoms with Gasteiger partial charge in [-0.25, -0.2) is 0 Å². The summed E-state index contributed by atoms with van der Waals surface area (Å²) < 4.78 is 11.1. The summed E-state index contributed by atoms with van der Waals surface area (Å²) in [5.74, 6) is 0.827. The molecule has 82 valence electrons. The lowest BCUT2D eigenvalue weighted by Gasteiger charge is -2.17. The van der Waals surface area contributed by atoms with Gasteiger partial charge in [-0.1, -0.05) is 31.7 Å². The average molecular weight is 206 g/mol. The molecule has 2 nitrogen and oxygen atoms in total. The fraction of sp³-hybridized carbons (Fsp3) is 0.385. The first-order valence-electron chi connectivity index (χ1n) is 5.30. The van der Waals surface area contributed by atoms with Crippen LogP contribution in [0.5, 0.6) is 5.75 Å². The molecule has 0 spiro atoms. The maximum Gasteiger partial charge on any atom is 0.199 e. The predicted octanol–water partition coefficient (Wildman–Crippen LogP) is 3.48. The van der Waals surface area contributed by atoms with Gasteiger partial charge in [0.2, 0.25) is 0 Å². The van der Waals surface area contributed by atoms with Crippen molar-refractivity contribution in [3.8, 4) is 5.75 Å². The first kappa shape index (κ1) is 11.8. The van der Waals surface area contributed by atoms with Gasteiger partial charge in [0.25, 0.3) is 0 Å². The molecule has 0 saturated heterocycles. The van der Waals surface area contributed by atoms with Gasteiger partial charge in [-0.15, -0.1) is 0 Å². The molecule has 1 atom stereocenters. The van der Waals surface area contributed by atoms with Gasteiger partial charge < -0.3 is 9.47 Å². The van der Waals surface area contributed by atoms with E-state index in [1.54, 1.807) is 6.08 Å². The van der Waals surface area contributed by atoms with Crippen molar-refractivity contribution < 1.29 is 9.47 Å². The number of rotatable bonds is 6. The standard InChI is InChI=1S/C13H18O2/c1-4-11-8-7-9-12(10-11)15-13(5-2)14-6-3/h4,7-10,13H,1,5-6H2,2-3H3. The van der Waals surface area contributed by atoms with Crippen molar-refractivity contribution in [1.82, 2.24) is 0 Å². The molecule has 15 heavy (non-hydrogen) atoms. The highest BCUT2D eigenvalue weighted by Gasteiger charge is 2.06. The number of benzene rings is 1. The van der Waals surface area contributed by atoms with Crippen molar-refractivity contribution in [3.63, 3.8) is 0 Å². The fourth-order valence-electron chi connectivity index (χ4n) is 1.29. The molecule has 1 unspecified atom stereocenters. The molecule has 1 aromatic carbocycles. The lowest BCUT2D eigenvalue weighted by molar-refractivity contribution is -0.0766. The molecule has 2 heteroatoms. The van der Waals surface area contributed by atoms with E-state index < -0.39 is 0 Å². The summed E-state index contributed by atoms with van der Waals surface area (Å²) in [5, 5.41) is 0. The highest BCUT2D eigenvalue weighted by molar-refractivity contribution is 5.49. The molecule has 0 aliphatic carbocycles. The monoisotopic (exact) mass is 206 g/mol. The van der Waals surface area contributed by atoms with E-state index in [1.807, 2.05) is 38.1 Å². The van der Waals surface area contributed by atoms with E-state index >= 15 is 0 Å². The van der Waals surface area contributed by atoms with Crippen molar-refractivity contribution in [2.24, 2.45) is 0 Å². The Morgan fingerprint density at radius 1 is 1.40 bits per heavy atom. The van der Waals surface area contributed by atoms with Crippen LogP contribution >= 0.6 is 0 Å². The smallest absolute Gasteiger partial charge is 0.199 e. The maximum absolute atomic E-state index is 5.68. The Morgan fingerprint density at radius 2 is 2.20 bits per heavy atom. The number of ether oxygens (including phenoxy) is 2. The Morgan fingerprint density at radius 3 is 2.80 bits per heavy atom. The molecule has 0 N–H and O–H groups in total. The third-order valence-electron chi connectivity index (χ3n) is 2.05. The van der Waals surface area contributed by atoms with Gasteiger partial charge in [0.05, 0.1) is 0 Å². The fourth-order valence-corrected chi connectivity index (χ4v) is 1.29. The van der Waals surface area contributed by atoms with Crippen LogP contribution in [0.2, 0.25) is 0 Å². The lowest BCUT2D eigenvalue weighted by Crippen LogP contribution is -2.19. The van der Waals surface area contributed by atoms with Gasteiger partial charge in [0.1, 0.15) is 5.75 Å². The zero-order chi connectivity index (χ0) is 11.1. The van der Waals surface area contributed by atoms with Crippen LogP contribution in [0.4, 0.5) is 0 Å². The Labute approximate surface area is 91.5 Å². The van der Waals surface area contributed by atoms with E-state index in [1.165, 1.54) is 0 Å². The van der Waals surface area contributed by atoms with E-state index in [-0.39, 0.29) is 6.29 Å². The summed E-state index contributed by atoms with van der Waals surface area (Å²) in [6.45, 7) is 8.39. The first-order chi connectivity index (χ1) is 7.30. The van der Waals surface area contributed by atoms with Crippen LogP contribution in [0.15, 0.2) is 30.8 Å². The predicted molar refractivity (Wildman–Crippen MR) is 62.9 cm³/mol. The summed E-state index contributed by atoms with van der Waals surface area (Å²) in [5.41, 5.74) is 1.05. The second kappa shape index (κ2) is 6.25. The minimum atomic E-state index is -0.157. The van der Waals surface area contributed by atoms with Crippen molar-refractivity contribution >= 4 is 6.08 Å². The molecule has 0 aliphatic heterocycles. The maximum atomic E-state index is 5.68. The topological polar surface area (TPSA) is 18.5 Å². The van der Waals surface area contributed by atoms with E-state index in [4.69, 9.17) is 9.47 Å². The van der Waals surface area contributed by atoms with Gasteiger partial charge in [-0.2, -0.15) is 0 Å². The van der Waals surface area contributed by atoms with Crippen LogP contribution in [0, 0.1) is 0 Å². The van der Waals surface area contributed by atoms with E-state index in [0.29, 0.717) is 6.61 Å². The Balaban J connectivity index is 2.65. The van der Waals surface area contributed by atoms with Crippen LogP contribution in [-0.2, 0) is 4.74 Å². The minimum Gasteiger partial charge on any atom is -0.465 e. The zero-order valence-corrected chi connectivity index (χ0v) is 9.40. The van der Waals surface area contributed by atoms with E-state index in [0.717, 1.165) is 17.7 Å². The molecule has 0 aromatic heterocycles. The minimum absolute atomic E-state index is 0.157. The lowest BCUT2D eigenvalue weighted by atomic mass is 10.2. The number of hydrogen-bond donors (Lipinski definition) is 0. The summed E-state index contributed by atoms with van der Waals surface area (Å²) in [6, 6.07) is 7.82. The second-order valence-corrected chi connectivity index (χ2v) is 3.19. The highest BCUT2D eigenvalue weighted by atomic mass is 16.7. The van der Waals surface area contributed by atoms with Crippen LogP contribution in [0.25, 0.3) is 6.08 Å². The highest BCUT2D eigenvalue weighted by Crippen LogP contribution is 2.16. The molecule has 0 amide bonds. The van der Waals surface area contributed by atoms with Crippen molar-refractivity contribution in [2.45, 2.75) is 26.6 Å². The summed E-state index contributed by atoms with van der Waals surface area (Å²) in [4.78, 5) is 0. The van der Waals surface area contributed by atoms with E-state index in [2.05, 4.69) is 6.58 Å². The SMILES string of the molecule is C=Cc1cccc(OC(CC)OCC)c1. The molecule has 0 heterocycles. The van der Waals surface area contributed by atoms with Crippen molar-refractivity contribution in [2.75, 3.05) is 6.61 Å². The van der Waals surface area contributed by atoms with Crippen LogP contribution in [0.1, 0.15) is 25.8 Å². The van der Waals surface area contributed by atoms with Crippen molar-refractivity contribution in [1.29, 1.82) is 0 Å². The first-order valence-corrected chi connectivity index (χ1v) is 5.30. The number of hydrogen-bond acceptors (Lipinski definition) is 2. The molecule has 0 aliphatic rings. The van der Waals surface area contributed by atoms with Gasteiger partial charge in [-0.05, 0) is 24.6 Å². The Hall–Kier alpha value is -1.28. The largest absolute Gasteiger partial charge is 0.465 e.